The third kappa shape index (κ3) is 5.62. The lowest BCUT2D eigenvalue weighted by Gasteiger charge is -2.28. The summed E-state index contributed by atoms with van der Waals surface area (Å²) in [7, 11) is 0. The minimum Gasteiger partial charge on any atom is -0.385 e. The van der Waals surface area contributed by atoms with Crippen LogP contribution in [0.1, 0.15) is 56.7 Å². The Morgan fingerprint density at radius 2 is 1.88 bits per heavy atom. The minimum atomic E-state index is -4.36. The molecule has 2 unspecified atom stereocenters. The predicted octanol–water partition coefficient (Wildman–Crippen LogP) is 6.80. The zero-order valence-corrected chi connectivity index (χ0v) is 20.5. The first kappa shape index (κ1) is 24.3. The summed E-state index contributed by atoms with van der Waals surface area (Å²) in [5, 5.41) is 6.64. The van der Waals surface area contributed by atoms with E-state index in [9.17, 15) is 13.2 Å². The Bertz CT molecular complexity index is 976. The molecule has 3 nitrogen and oxygen atoms in total. The number of hydrogen-bond acceptors (Lipinski definition) is 4. The molecule has 0 bridgehead atoms. The molecule has 2 atom stereocenters. The van der Waals surface area contributed by atoms with Gasteiger partial charge in [0.25, 0.3) is 0 Å². The number of benzene rings is 2. The van der Waals surface area contributed by atoms with Crippen LogP contribution in [-0.2, 0) is 12.6 Å². The number of nitrogens with zero attached hydrogens (tertiary/aromatic N) is 1. The van der Waals surface area contributed by atoms with Gasteiger partial charge in [0.05, 0.1) is 5.56 Å². The SMILES string of the molecule is CCCNCCCNc1cc(C(F)(F)F)cc2c1Cc1ccc(N3CC(C)CC3C)cc1S2. The predicted molar refractivity (Wildman–Crippen MR) is 132 cm³/mol. The van der Waals surface area contributed by atoms with E-state index in [4.69, 9.17) is 0 Å². The molecule has 2 aromatic rings. The molecule has 0 saturated carbocycles. The van der Waals surface area contributed by atoms with Crippen LogP contribution in [0.2, 0.25) is 0 Å². The van der Waals surface area contributed by atoms with Crippen molar-refractivity contribution in [3.63, 3.8) is 0 Å². The summed E-state index contributed by atoms with van der Waals surface area (Å²) >= 11 is 1.47. The summed E-state index contributed by atoms with van der Waals surface area (Å²) in [6.07, 6.45) is -0.603. The molecule has 0 aliphatic carbocycles. The van der Waals surface area contributed by atoms with Crippen molar-refractivity contribution in [2.24, 2.45) is 5.92 Å². The lowest BCUT2D eigenvalue weighted by Crippen LogP contribution is -2.26. The van der Waals surface area contributed by atoms with Crippen molar-refractivity contribution >= 4 is 23.1 Å². The topological polar surface area (TPSA) is 27.3 Å². The molecule has 0 spiro atoms. The maximum absolute atomic E-state index is 13.7. The summed E-state index contributed by atoms with van der Waals surface area (Å²) in [5.74, 6) is 0.657. The van der Waals surface area contributed by atoms with Gasteiger partial charge in [-0.2, -0.15) is 13.2 Å². The fourth-order valence-electron chi connectivity index (χ4n) is 4.91. The highest BCUT2D eigenvalue weighted by atomic mass is 32.2. The molecule has 0 amide bonds. The van der Waals surface area contributed by atoms with Crippen molar-refractivity contribution in [3.05, 3.63) is 47.0 Å². The van der Waals surface area contributed by atoms with Gasteiger partial charge in [-0.25, -0.2) is 0 Å². The quantitative estimate of drug-likeness (QED) is 0.349. The van der Waals surface area contributed by atoms with Gasteiger partial charge in [0.1, 0.15) is 0 Å². The number of rotatable bonds is 8. The zero-order valence-electron chi connectivity index (χ0n) is 19.7. The normalized spacial score (nSPS) is 20.0. The number of halogens is 3. The molecule has 2 heterocycles. The van der Waals surface area contributed by atoms with E-state index in [-0.39, 0.29) is 0 Å². The second-order valence-corrected chi connectivity index (χ2v) is 10.5. The van der Waals surface area contributed by atoms with Gasteiger partial charge in [-0.3, -0.25) is 0 Å². The number of nitrogens with one attached hydrogen (secondary N) is 2. The summed E-state index contributed by atoms with van der Waals surface area (Å²) < 4.78 is 41.0. The Morgan fingerprint density at radius 3 is 2.58 bits per heavy atom. The van der Waals surface area contributed by atoms with Gasteiger partial charge in [0.2, 0.25) is 0 Å². The van der Waals surface area contributed by atoms with E-state index in [1.54, 1.807) is 0 Å². The van der Waals surface area contributed by atoms with Crippen molar-refractivity contribution < 1.29 is 13.2 Å². The summed E-state index contributed by atoms with van der Waals surface area (Å²) in [4.78, 5) is 4.21. The van der Waals surface area contributed by atoms with Gasteiger partial charge in [0.15, 0.2) is 0 Å². The van der Waals surface area contributed by atoms with E-state index >= 15 is 0 Å². The fourth-order valence-corrected chi connectivity index (χ4v) is 6.09. The molecule has 2 N–H and O–H groups in total. The molecule has 1 fully saturated rings. The van der Waals surface area contributed by atoms with E-state index in [2.05, 4.69) is 54.5 Å². The van der Waals surface area contributed by atoms with Gasteiger partial charge >= 0.3 is 6.18 Å². The molecule has 2 aliphatic heterocycles. The van der Waals surface area contributed by atoms with Gasteiger partial charge in [-0.1, -0.05) is 31.7 Å². The average molecular weight is 478 g/mol. The highest BCUT2D eigenvalue weighted by Crippen LogP contribution is 2.46. The van der Waals surface area contributed by atoms with Gasteiger partial charge in [0, 0.05) is 46.7 Å². The van der Waals surface area contributed by atoms with Crippen LogP contribution in [0.5, 0.6) is 0 Å². The van der Waals surface area contributed by atoms with Crippen molar-refractivity contribution in [2.75, 3.05) is 36.4 Å². The molecule has 0 aromatic heterocycles. The average Bonchev–Trinajstić information content (AvgIpc) is 3.11. The Kier molecular flexibility index (Phi) is 7.49. The Balaban J connectivity index is 1.57. The molecule has 1 saturated heterocycles. The monoisotopic (exact) mass is 477 g/mol. The molecule has 33 heavy (non-hydrogen) atoms. The van der Waals surface area contributed by atoms with E-state index in [1.807, 2.05) is 0 Å². The third-order valence-electron chi connectivity index (χ3n) is 6.56. The van der Waals surface area contributed by atoms with E-state index < -0.39 is 11.7 Å². The first-order chi connectivity index (χ1) is 15.8. The Labute approximate surface area is 199 Å². The highest BCUT2D eigenvalue weighted by molar-refractivity contribution is 7.99. The molecule has 4 rings (SSSR count). The number of hydrogen-bond donors (Lipinski definition) is 2. The van der Waals surface area contributed by atoms with Crippen LogP contribution in [-0.4, -0.2) is 32.2 Å². The molecule has 7 heteroatoms. The molecule has 2 aliphatic rings. The standard InChI is InChI=1S/C26H34F3N3S/c1-4-8-30-9-5-10-31-23-13-20(26(27,28)29)14-25-22(23)12-19-6-7-21(15-24(19)33-25)32-16-17(2)11-18(32)3/h6-7,13-15,17-18,30-31H,4-5,8-12,16H2,1-3H3. The molecular formula is C26H34F3N3S. The largest absolute Gasteiger partial charge is 0.416 e. The maximum Gasteiger partial charge on any atom is 0.416 e. The van der Waals surface area contributed by atoms with Crippen molar-refractivity contribution in [1.82, 2.24) is 5.32 Å². The van der Waals surface area contributed by atoms with Crippen molar-refractivity contribution in [2.45, 2.75) is 68.5 Å². The Hall–Kier alpha value is -1.86. The molecule has 180 valence electrons. The lowest BCUT2D eigenvalue weighted by atomic mass is 9.99. The Morgan fingerprint density at radius 1 is 1.06 bits per heavy atom. The van der Waals surface area contributed by atoms with E-state index in [0.29, 0.717) is 35.5 Å². The summed E-state index contributed by atoms with van der Waals surface area (Å²) in [6, 6.07) is 9.60. The summed E-state index contributed by atoms with van der Waals surface area (Å²) in [5.41, 5.74) is 3.36. The molecule has 0 radical (unpaired) electrons. The second-order valence-electron chi connectivity index (χ2n) is 9.44. The number of fused-ring (bicyclic) bond motifs is 2. The first-order valence-corrected chi connectivity index (χ1v) is 12.8. The van der Waals surface area contributed by atoms with Crippen LogP contribution < -0.4 is 15.5 Å². The smallest absolute Gasteiger partial charge is 0.385 e. The van der Waals surface area contributed by atoms with Crippen LogP contribution in [0, 0.1) is 5.92 Å². The summed E-state index contributed by atoms with van der Waals surface area (Å²) in [6.45, 7) is 10.1. The lowest BCUT2D eigenvalue weighted by molar-refractivity contribution is -0.137. The van der Waals surface area contributed by atoms with E-state index in [0.717, 1.165) is 42.9 Å². The molecule has 2 aromatic carbocycles. The van der Waals surface area contributed by atoms with Gasteiger partial charge < -0.3 is 15.5 Å². The second kappa shape index (κ2) is 10.2. The zero-order chi connectivity index (χ0) is 23.6. The van der Waals surface area contributed by atoms with Crippen LogP contribution >= 0.6 is 11.8 Å². The number of alkyl halides is 3. The van der Waals surface area contributed by atoms with Crippen LogP contribution in [0.4, 0.5) is 24.5 Å². The van der Waals surface area contributed by atoms with Crippen molar-refractivity contribution in [3.8, 4) is 0 Å². The fraction of sp³-hybridized carbons (Fsp3) is 0.538. The molecular weight excluding hydrogens is 443 g/mol. The minimum absolute atomic E-state index is 0.485. The van der Waals surface area contributed by atoms with Crippen LogP contribution in [0.3, 0.4) is 0 Å². The first-order valence-electron chi connectivity index (χ1n) is 12.0. The highest BCUT2D eigenvalue weighted by Gasteiger charge is 2.34. The maximum atomic E-state index is 13.7. The third-order valence-corrected chi connectivity index (χ3v) is 7.75. The van der Waals surface area contributed by atoms with Gasteiger partial charge in [-0.15, -0.1) is 0 Å². The number of anilines is 2. The van der Waals surface area contributed by atoms with Crippen molar-refractivity contribution in [1.29, 1.82) is 0 Å². The van der Waals surface area contributed by atoms with Gasteiger partial charge in [-0.05, 0) is 80.6 Å². The van der Waals surface area contributed by atoms with Crippen LogP contribution in [0.25, 0.3) is 0 Å². The van der Waals surface area contributed by atoms with E-state index in [1.165, 1.54) is 41.6 Å². The van der Waals surface area contributed by atoms with Crippen LogP contribution in [0.15, 0.2) is 40.1 Å².